The Morgan fingerprint density at radius 1 is 1.35 bits per heavy atom. The van der Waals surface area contributed by atoms with Crippen LogP contribution in [0.1, 0.15) is 28.4 Å². The van der Waals surface area contributed by atoms with Gasteiger partial charge in [-0.3, -0.25) is 9.59 Å². The molecule has 1 aromatic heterocycles. The molecule has 2 aliphatic rings. The lowest BCUT2D eigenvalue weighted by Crippen LogP contribution is -2.43. The summed E-state index contributed by atoms with van der Waals surface area (Å²) in [6, 6.07) is 4.23. The highest BCUT2D eigenvalue weighted by atomic mass is 19.1. The van der Waals surface area contributed by atoms with Crippen molar-refractivity contribution in [3.63, 3.8) is 0 Å². The summed E-state index contributed by atoms with van der Waals surface area (Å²) in [5.74, 6) is -0.744. The number of nitrogens with zero attached hydrogens (tertiary/aromatic N) is 2. The number of aryl methyl sites for hydroxylation is 1. The van der Waals surface area contributed by atoms with Crippen molar-refractivity contribution in [1.29, 1.82) is 0 Å². The maximum Gasteiger partial charge on any atom is 0.254 e. The molecular weight excluding hydrogens is 397 g/mol. The minimum Gasteiger partial charge on any atom is -0.370 e. The van der Waals surface area contributed by atoms with Crippen molar-refractivity contribution in [1.82, 2.24) is 15.1 Å². The van der Waals surface area contributed by atoms with Crippen molar-refractivity contribution < 1.29 is 14.0 Å². The monoisotopic (exact) mass is 421 g/mol. The summed E-state index contributed by atoms with van der Waals surface area (Å²) in [5.41, 5.74) is 7.48. The molecule has 1 aliphatic heterocycles. The van der Waals surface area contributed by atoms with Gasteiger partial charge >= 0.3 is 0 Å². The third kappa shape index (κ3) is 3.76. The number of aromatic nitrogens is 2. The molecule has 0 fully saturated rings. The highest BCUT2D eigenvalue weighted by molar-refractivity contribution is 6.03. The van der Waals surface area contributed by atoms with E-state index in [1.54, 1.807) is 23.7 Å². The van der Waals surface area contributed by atoms with Gasteiger partial charge in [-0.25, -0.2) is 9.07 Å². The lowest BCUT2D eigenvalue weighted by atomic mass is 9.85. The standard InChI is InChI=1S/C23H24FN5O2/c1-3-19(30)27-17-7-5-4-6-15(17)18-10-11-26-23-20(22(25)31)21(28-29(18)23)14-8-9-16(24)13(2)12-14/h3-9,12,15,17-18,26H,1,10-11H2,2H3,(H2,25,31)(H,27,30). The third-order valence-corrected chi connectivity index (χ3v) is 5.75. The Morgan fingerprint density at radius 2 is 2.13 bits per heavy atom. The number of hydrogen-bond donors (Lipinski definition) is 3. The Hall–Kier alpha value is -3.68. The predicted octanol–water partition coefficient (Wildman–Crippen LogP) is 2.87. The number of hydrogen-bond acceptors (Lipinski definition) is 4. The van der Waals surface area contributed by atoms with Gasteiger partial charge in [0.05, 0.1) is 12.1 Å². The molecule has 0 saturated heterocycles. The minimum atomic E-state index is -0.609. The smallest absolute Gasteiger partial charge is 0.254 e. The quantitative estimate of drug-likeness (QED) is 0.646. The van der Waals surface area contributed by atoms with Crippen molar-refractivity contribution in [2.45, 2.75) is 25.4 Å². The van der Waals surface area contributed by atoms with Gasteiger partial charge in [0.15, 0.2) is 0 Å². The normalized spacial score (nSPS) is 21.8. The number of nitrogens with one attached hydrogen (secondary N) is 2. The largest absolute Gasteiger partial charge is 0.370 e. The molecule has 2 heterocycles. The molecule has 0 bridgehead atoms. The van der Waals surface area contributed by atoms with Gasteiger partial charge in [0.2, 0.25) is 5.91 Å². The molecule has 3 atom stereocenters. The van der Waals surface area contributed by atoms with E-state index in [1.807, 2.05) is 24.3 Å². The van der Waals surface area contributed by atoms with E-state index < -0.39 is 5.91 Å². The van der Waals surface area contributed by atoms with Crippen molar-refractivity contribution in [3.05, 3.63) is 72.1 Å². The lowest BCUT2D eigenvalue weighted by molar-refractivity contribution is -0.117. The summed E-state index contributed by atoms with van der Waals surface area (Å²) in [5, 5.41) is 10.9. The minimum absolute atomic E-state index is 0.0850. The highest BCUT2D eigenvalue weighted by Crippen LogP contribution is 2.39. The van der Waals surface area contributed by atoms with Gasteiger partial charge in [-0.15, -0.1) is 0 Å². The predicted molar refractivity (Wildman–Crippen MR) is 117 cm³/mol. The van der Waals surface area contributed by atoms with E-state index in [2.05, 4.69) is 17.2 Å². The number of carbonyl (C=O) groups excluding carboxylic acids is 2. The molecular formula is C23H24FN5O2. The van der Waals surface area contributed by atoms with Crippen molar-refractivity contribution in [2.75, 3.05) is 11.9 Å². The maximum absolute atomic E-state index is 13.8. The fraction of sp³-hybridized carbons (Fsp3) is 0.261. The van der Waals surface area contributed by atoms with Gasteiger partial charge in [0, 0.05) is 18.0 Å². The van der Waals surface area contributed by atoms with Crippen LogP contribution >= 0.6 is 0 Å². The zero-order valence-corrected chi connectivity index (χ0v) is 17.1. The van der Waals surface area contributed by atoms with Crippen LogP contribution in [-0.4, -0.2) is 34.2 Å². The Bertz CT molecular complexity index is 1120. The first-order valence-electron chi connectivity index (χ1n) is 10.1. The van der Waals surface area contributed by atoms with Crippen molar-refractivity contribution >= 4 is 17.6 Å². The number of rotatable bonds is 5. The Labute approximate surface area is 179 Å². The first-order chi connectivity index (χ1) is 14.9. The molecule has 31 heavy (non-hydrogen) atoms. The molecule has 2 aromatic rings. The van der Waals surface area contributed by atoms with Gasteiger partial charge in [-0.1, -0.05) is 30.9 Å². The molecule has 3 unspecified atom stereocenters. The fourth-order valence-electron chi connectivity index (χ4n) is 4.25. The maximum atomic E-state index is 13.8. The molecule has 0 radical (unpaired) electrons. The molecule has 2 amide bonds. The van der Waals surface area contributed by atoms with E-state index in [-0.39, 0.29) is 35.3 Å². The van der Waals surface area contributed by atoms with Crippen LogP contribution in [0.2, 0.25) is 0 Å². The molecule has 1 aromatic carbocycles. The number of amides is 2. The number of halogens is 1. The van der Waals surface area contributed by atoms with Gasteiger partial charge in [0.1, 0.15) is 22.9 Å². The Balaban J connectivity index is 1.79. The molecule has 1 aliphatic carbocycles. The number of primary amides is 1. The fourth-order valence-corrected chi connectivity index (χ4v) is 4.25. The number of benzene rings is 1. The summed E-state index contributed by atoms with van der Waals surface area (Å²) >= 11 is 0. The number of nitrogens with two attached hydrogens (primary N) is 1. The van der Waals surface area contributed by atoms with Crippen LogP contribution in [0.25, 0.3) is 11.3 Å². The second-order valence-electron chi connectivity index (χ2n) is 7.71. The summed E-state index contributed by atoms with van der Waals surface area (Å²) in [6.45, 7) is 5.80. The van der Waals surface area contributed by atoms with Crippen LogP contribution in [0.15, 0.2) is 55.2 Å². The molecule has 8 heteroatoms. The zero-order valence-electron chi connectivity index (χ0n) is 17.1. The van der Waals surface area contributed by atoms with Gasteiger partial charge < -0.3 is 16.4 Å². The summed E-state index contributed by atoms with van der Waals surface area (Å²) < 4.78 is 15.6. The van der Waals surface area contributed by atoms with Crippen molar-refractivity contribution in [2.24, 2.45) is 11.7 Å². The third-order valence-electron chi connectivity index (χ3n) is 5.75. The SMILES string of the molecule is C=CC(=O)NC1C=CC=CC1C1CCNc2c(C(N)=O)c(-c3ccc(F)c(C)c3)nn21. The Morgan fingerprint density at radius 3 is 2.84 bits per heavy atom. The van der Waals surface area contributed by atoms with Crippen LogP contribution in [0.4, 0.5) is 10.2 Å². The van der Waals surface area contributed by atoms with Crippen molar-refractivity contribution in [3.8, 4) is 11.3 Å². The number of allylic oxidation sites excluding steroid dienone is 2. The van der Waals surface area contributed by atoms with E-state index in [0.29, 0.717) is 29.2 Å². The second kappa shape index (κ2) is 8.22. The van der Waals surface area contributed by atoms with E-state index in [0.717, 1.165) is 6.42 Å². The Kier molecular flexibility index (Phi) is 5.46. The average Bonchev–Trinajstić information content (AvgIpc) is 3.16. The zero-order chi connectivity index (χ0) is 22.1. The number of carbonyl (C=O) groups is 2. The van der Waals surface area contributed by atoms with Gasteiger partial charge in [0.25, 0.3) is 5.91 Å². The molecule has 4 rings (SSSR count). The highest BCUT2D eigenvalue weighted by Gasteiger charge is 2.36. The van der Waals surface area contributed by atoms with E-state index in [1.165, 1.54) is 12.1 Å². The van der Waals surface area contributed by atoms with Gasteiger partial charge in [-0.2, -0.15) is 5.10 Å². The molecule has 7 nitrogen and oxygen atoms in total. The van der Waals surface area contributed by atoms with Crippen LogP contribution in [0, 0.1) is 18.7 Å². The lowest BCUT2D eigenvalue weighted by Gasteiger charge is -2.35. The molecule has 0 saturated carbocycles. The van der Waals surface area contributed by atoms with Crippen LogP contribution in [0.3, 0.4) is 0 Å². The summed E-state index contributed by atoms with van der Waals surface area (Å²) in [7, 11) is 0. The van der Waals surface area contributed by atoms with Gasteiger partial charge in [-0.05, 0) is 43.2 Å². The van der Waals surface area contributed by atoms with Crippen LogP contribution < -0.4 is 16.4 Å². The summed E-state index contributed by atoms with van der Waals surface area (Å²) in [6.07, 6.45) is 9.75. The van der Waals surface area contributed by atoms with E-state index in [4.69, 9.17) is 10.8 Å². The molecule has 4 N–H and O–H groups in total. The topological polar surface area (TPSA) is 102 Å². The first kappa shape index (κ1) is 20.6. The first-order valence-corrected chi connectivity index (χ1v) is 10.1. The average molecular weight is 421 g/mol. The second-order valence-corrected chi connectivity index (χ2v) is 7.71. The molecule has 160 valence electrons. The molecule has 0 spiro atoms. The van der Waals surface area contributed by atoms with E-state index in [9.17, 15) is 14.0 Å². The van der Waals surface area contributed by atoms with E-state index >= 15 is 0 Å². The van der Waals surface area contributed by atoms with Crippen LogP contribution in [0.5, 0.6) is 0 Å². The number of fused-ring (bicyclic) bond motifs is 1. The van der Waals surface area contributed by atoms with Crippen LogP contribution in [-0.2, 0) is 4.79 Å². The number of anilines is 1. The summed E-state index contributed by atoms with van der Waals surface area (Å²) in [4.78, 5) is 24.3.